The van der Waals surface area contributed by atoms with Crippen molar-refractivity contribution in [2.75, 3.05) is 19.8 Å². The summed E-state index contributed by atoms with van der Waals surface area (Å²) in [5.74, 6) is 0. The number of ether oxygens (including phenoxy) is 5. The van der Waals surface area contributed by atoms with E-state index in [0.717, 1.165) is 0 Å². The summed E-state index contributed by atoms with van der Waals surface area (Å²) < 4.78 is 27.0. The Bertz CT molecular complexity index is 508. The SMILES string of the molecule is CC1OCC(OC2OCC(O)C(O)C2OC2OC(CO)C(O)C2O)C(O)C1O. The molecule has 164 valence electrons. The molecule has 3 rings (SSSR count). The summed E-state index contributed by atoms with van der Waals surface area (Å²) in [7, 11) is 0. The first kappa shape index (κ1) is 22.2. The first-order chi connectivity index (χ1) is 13.2. The molecule has 0 spiro atoms. The molecule has 0 amide bonds. The number of hydrogen-bond acceptors (Lipinski definition) is 12. The van der Waals surface area contributed by atoms with Gasteiger partial charge in [0, 0.05) is 0 Å². The summed E-state index contributed by atoms with van der Waals surface area (Å²) in [6.45, 7) is 0.684. The zero-order chi connectivity index (χ0) is 20.6. The molecule has 12 atom stereocenters. The predicted molar refractivity (Wildman–Crippen MR) is 86.7 cm³/mol. The lowest BCUT2D eigenvalue weighted by atomic mass is 10.0. The summed E-state index contributed by atoms with van der Waals surface area (Å²) in [6, 6.07) is 0. The lowest BCUT2D eigenvalue weighted by Gasteiger charge is -2.43. The highest BCUT2D eigenvalue weighted by Gasteiger charge is 2.50. The Kier molecular flexibility index (Phi) is 7.23. The van der Waals surface area contributed by atoms with Crippen LogP contribution in [0.25, 0.3) is 0 Å². The molecule has 0 saturated carbocycles. The predicted octanol–water partition coefficient (Wildman–Crippen LogP) is -4.59. The monoisotopic (exact) mass is 412 g/mol. The third-order valence-corrected chi connectivity index (χ3v) is 5.26. The Morgan fingerprint density at radius 1 is 0.786 bits per heavy atom. The van der Waals surface area contributed by atoms with Crippen molar-refractivity contribution in [3.05, 3.63) is 0 Å². The van der Waals surface area contributed by atoms with Gasteiger partial charge in [-0.1, -0.05) is 0 Å². The van der Waals surface area contributed by atoms with E-state index in [9.17, 15) is 30.6 Å². The van der Waals surface area contributed by atoms with Gasteiger partial charge in [0.2, 0.25) is 0 Å². The molecule has 0 bridgehead atoms. The Labute approximate surface area is 160 Å². The highest BCUT2D eigenvalue weighted by Crippen LogP contribution is 2.29. The second kappa shape index (κ2) is 9.12. The second-order valence-corrected chi connectivity index (χ2v) is 7.26. The van der Waals surface area contributed by atoms with Crippen molar-refractivity contribution in [1.29, 1.82) is 0 Å². The minimum Gasteiger partial charge on any atom is -0.394 e. The Morgan fingerprint density at radius 2 is 1.50 bits per heavy atom. The standard InChI is InChI=1S/C16H28O12/c1-5-9(19)12(22)8(4-24-5)27-16-14(10(20)6(18)3-25-16)28-15-13(23)11(21)7(2-17)26-15/h5-23H,2-4H2,1H3. The van der Waals surface area contributed by atoms with Crippen LogP contribution in [0.5, 0.6) is 0 Å². The van der Waals surface area contributed by atoms with E-state index >= 15 is 0 Å². The maximum Gasteiger partial charge on any atom is 0.187 e. The fourth-order valence-corrected chi connectivity index (χ4v) is 3.39. The van der Waals surface area contributed by atoms with Crippen LogP contribution >= 0.6 is 0 Å². The molecular formula is C16H28O12. The zero-order valence-corrected chi connectivity index (χ0v) is 15.2. The summed E-state index contributed by atoms with van der Waals surface area (Å²) in [5.41, 5.74) is 0. The van der Waals surface area contributed by atoms with Gasteiger partial charge in [0.25, 0.3) is 0 Å². The minimum atomic E-state index is -1.52. The number of rotatable bonds is 5. The first-order valence-electron chi connectivity index (χ1n) is 9.13. The third-order valence-electron chi connectivity index (χ3n) is 5.26. The van der Waals surface area contributed by atoms with Crippen molar-refractivity contribution in [3.63, 3.8) is 0 Å². The number of aliphatic hydroxyl groups is 7. The highest BCUT2D eigenvalue weighted by molar-refractivity contribution is 4.92. The van der Waals surface area contributed by atoms with Crippen LogP contribution in [-0.4, -0.2) is 129 Å². The molecular weight excluding hydrogens is 384 g/mol. The molecule has 12 nitrogen and oxygen atoms in total. The highest BCUT2D eigenvalue weighted by atomic mass is 16.8. The van der Waals surface area contributed by atoms with Crippen molar-refractivity contribution >= 4 is 0 Å². The fraction of sp³-hybridized carbons (Fsp3) is 1.00. The summed E-state index contributed by atoms with van der Waals surface area (Å²) in [4.78, 5) is 0. The molecule has 7 N–H and O–H groups in total. The lowest BCUT2D eigenvalue weighted by Crippen LogP contribution is -2.60. The quantitative estimate of drug-likeness (QED) is 0.229. The maximum absolute atomic E-state index is 10.3. The van der Waals surface area contributed by atoms with E-state index in [2.05, 4.69) is 0 Å². The topological polar surface area (TPSA) is 188 Å². The molecule has 0 aromatic rings. The lowest BCUT2D eigenvalue weighted by molar-refractivity contribution is -0.339. The van der Waals surface area contributed by atoms with Gasteiger partial charge in [-0.05, 0) is 6.92 Å². The smallest absolute Gasteiger partial charge is 0.187 e. The van der Waals surface area contributed by atoms with Gasteiger partial charge in [-0.3, -0.25) is 0 Å². The largest absolute Gasteiger partial charge is 0.394 e. The van der Waals surface area contributed by atoms with Crippen LogP contribution in [-0.2, 0) is 23.7 Å². The van der Waals surface area contributed by atoms with Crippen molar-refractivity contribution in [3.8, 4) is 0 Å². The van der Waals surface area contributed by atoms with E-state index in [1.807, 2.05) is 0 Å². The molecule has 0 aromatic carbocycles. The van der Waals surface area contributed by atoms with Gasteiger partial charge >= 0.3 is 0 Å². The van der Waals surface area contributed by atoms with Crippen LogP contribution in [0, 0.1) is 0 Å². The molecule has 0 radical (unpaired) electrons. The fourth-order valence-electron chi connectivity index (χ4n) is 3.39. The van der Waals surface area contributed by atoms with Gasteiger partial charge in [-0.25, -0.2) is 0 Å². The van der Waals surface area contributed by atoms with E-state index in [1.54, 1.807) is 6.92 Å². The minimum absolute atomic E-state index is 0.0571. The zero-order valence-electron chi connectivity index (χ0n) is 15.2. The summed E-state index contributed by atoms with van der Waals surface area (Å²) >= 11 is 0. The van der Waals surface area contributed by atoms with E-state index in [0.29, 0.717) is 0 Å². The molecule has 12 unspecified atom stereocenters. The van der Waals surface area contributed by atoms with Crippen LogP contribution in [0.2, 0.25) is 0 Å². The molecule has 12 heteroatoms. The van der Waals surface area contributed by atoms with Gasteiger partial charge in [0.1, 0.15) is 54.9 Å². The van der Waals surface area contributed by atoms with Crippen LogP contribution in [0.15, 0.2) is 0 Å². The normalized spacial score (nSPS) is 52.7. The van der Waals surface area contributed by atoms with Crippen LogP contribution in [0.4, 0.5) is 0 Å². The Morgan fingerprint density at radius 3 is 2.14 bits per heavy atom. The molecule has 3 aliphatic rings. The van der Waals surface area contributed by atoms with Crippen LogP contribution < -0.4 is 0 Å². The van der Waals surface area contributed by atoms with E-state index in [1.165, 1.54) is 0 Å². The molecule has 3 aliphatic heterocycles. The average Bonchev–Trinajstić information content (AvgIpc) is 2.95. The molecule has 0 aliphatic carbocycles. The van der Waals surface area contributed by atoms with Gasteiger partial charge < -0.3 is 59.4 Å². The van der Waals surface area contributed by atoms with Crippen molar-refractivity contribution in [2.45, 2.75) is 80.5 Å². The van der Waals surface area contributed by atoms with Gasteiger partial charge in [0.15, 0.2) is 12.6 Å². The average molecular weight is 412 g/mol. The van der Waals surface area contributed by atoms with Gasteiger partial charge in [-0.2, -0.15) is 0 Å². The molecule has 28 heavy (non-hydrogen) atoms. The molecule has 3 fully saturated rings. The maximum atomic E-state index is 10.3. The first-order valence-corrected chi connectivity index (χ1v) is 9.13. The van der Waals surface area contributed by atoms with Gasteiger partial charge in [-0.15, -0.1) is 0 Å². The second-order valence-electron chi connectivity index (χ2n) is 7.26. The number of aliphatic hydroxyl groups excluding tert-OH is 7. The number of hydrogen-bond donors (Lipinski definition) is 7. The third kappa shape index (κ3) is 4.33. The van der Waals surface area contributed by atoms with Gasteiger partial charge in [0.05, 0.1) is 25.9 Å². The van der Waals surface area contributed by atoms with Crippen LogP contribution in [0.1, 0.15) is 6.92 Å². The molecule has 3 heterocycles. The van der Waals surface area contributed by atoms with E-state index in [-0.39, 0.29) is 13.2 Å². The van der Waals surface area contributed by atoms with Crippen LogP contribution in [0.3, 0.4) is 0 Å². The van der Waals surface area contributed by atoms with Crippen molar-refractivity contribution in [2.24, 2.45) is 0 Å². The van der Waals surface area contributed by atoms with Crippen molar-refractivity contribution < 1.29 is 59.4 Å². The Hall–Kier alpha value is -0.480. The molecule has 3 saturated heterocycles. The Balaban J connectivity index is 1.69. The van der Waals surface area contributed by atoms with E-state index < -0.39 is 80.2 Å². The van der Waals surface area contributed by atoms with E-state index in [4.69, 9.17) is 28.8 Å². The van der Waals surface area contributed by atoms with Crippen molar-refractivity contribution in [1.82, 2.24) is 0 Å². The summed E-state index contributed by atoms with van der Waals surface area (Å²) in [5, 5.41) is 69.3. The molecule has 0 aromatic heterocycles. The summed E-state index contributed by atoms with van der Waals surface area (Å²) in [6.07, 6.45) is -15.0.